The van der Waals surface area contributed by atoms with Crippen LogP contribution < -0.4 is 10.6 Å². The summed E-state index contributed by atoms with van der Waals surface area (Å²) in [4.78, 5) is 43.8. The Hall–Kier alpha value is -2.45. The van der Waals surface area contributed by atoms with Crippen LogP contribution >= 0.6 is 0 Å². The van der Waals surface area contributed by atoms with Crippen molar-refractivity contribution in [3.05, 3.63) is 29.3 Å². The first kappa shape index (κ1) is 26.2. The number of carbonyl (C=O) groups is 3. The molecule has 3 heterocycles. The van der Waals surface area contributed by atoms with Gasteiger partial charge in [-0.2, -0.15) is 0 Å². The number of likely N-dealkylation sites (tertiary alicyclic amines) is 1. The van der Waals surface area contributed by atoms with E-state index in [0.717, 1.165) is 63.2 Å². The maximum Gasteiger partial charge on any atom is 0.249 e. The molecule has 4 atom stereocenters. The van der Waals surface area contributed by atoms with Crippen molar-refractivity contribution >= 4 is 23.3 Å². The maximum atomic E-state index is 14.4. The number of methoxy groups -OCH3 is 1. The number of amides is 2. The zero-order chi connectivity index (χ0) is 26.3. The number of ether oxygens (including phenoxy) is 2. The molecule has 37 heavy (non-hydrogen) atoms. The number of primary amides is 1. The molecule has 5 rings (SSSR count). The van der Waals surface area contributed by atoms with Gasteiger partial charge in [0.25, 0.3) is 0 Å². The topological polar surface area (TPSA) is 102 Å². The van der Waals surface area contributed by atoms with Gasteiger partial charge in [-0.25, -0.2) is 0 Å². The number of Topliss-reactive ketones (excluding diaryl/α,β-unsaturated/α-hetero) is 1. The summed E-state index contributed by atoms with van der Waals surface area (Å²) >= 11 is 0. The van der Waals surface area contributed by atoms with Crippen molar-refractivity contribution in [1.29, 1.82) is 0 Å². The average Bonchev–Trinajstić information content (AvgIpc) is 3.63. The second kappa shape index (κ2) is 10.7. The van der Waals surface area contributed by atoms with E-state index >= 15 is 0 Å². The Morgan fingerprint density at radius 1 is 1.08 bits per heavy atom. The molecular weight excluding hydrogens is 470 g/mol. The van der Waals surface area contributed by atoms with E-state index in [4.69, 9.17) is 15.2 Å². The monoisotopic (exact) mass is 511 g/mol. The molecule has 8 heteroatoms. The SMILES string of the molecule is CO[C@H]1CN(C(=O)[C@H](c2cc(N3CCC(C(C)C)CC3)ccc2C(N)=O)C2CCCC2)[C@@H]2C(=O)CO[C@H]12. The molecule has 0 bridgehead atoms. The van der Waals surface area contributed by atoms with Crippen LogP contribution in [-0.2, 0) is 19.1 Å². The highest BCUT2D eigenvalue weighted by atomic mass is 16.5. The van der Waals surface area contributed by atoms with E-state index in [9.17, 15) is 14.4 Å². The molecule has 0 unspecified atom stereocenters. The van der Waals surface area contributed by atoms with Crippen LogP contribution in [0.15, 0.2) is 18.2 Å². The number of piperidine rings is 1. The van der Waals surface area contributed by atoms with Crippen molar-refractivity contribution in [2.24, 2.45) is 23.5 Å². The van der Waals surface area contributed by atoms with Gasteiger partial charge in [0.05, 0.1) is 12.5 Å². The summed E-state index contributed by atoms with van der Waals surface area (Å²) in [6.07, 6.45) is 5.43. The van der Waals surface area contributed by atoms with Gasteiger partial charge in [-0.3, -0.25) is 14.4 Å². The second-order valence-electron chi connectivity index (χ2n) is 11.7. The molecule has 0 radical (unpaired) electrons. The third-order valence-electron chi connectivity index (χ3n) is 9.34. The number of benzene rings is 1. The third kappa shape index (κ3) is 4.90. The molecule has 4 fully saturated rings. The normalized spacial score (nSPS) is 27.8. The third-order valence-corrected chi connectivity index (χ3v) is 9.34. The standard InChI is InChI=1S/C29H41N3O5/c1-17(2)18-10-12-31(13-11-18)20-8-9-21(28(30)34)22(14-20)25(19-6-4-5-7-19)29(35)32-15-24(36-3)27-26(32)23(33)16-37-27/h8-9,14,17-19,24-27H,4-7,10-13,15-16H2,1-3H3,(H2,30,34)/t24-,25-,26+,27+/m0/s1. The number of ketones is 1. The zero-order valence-electron chi connectivity index (χ0n) is 22.4. The number of hydrogen-bond donors (Lipinski definition) is 1. The number of nitrogens with zero attached hydrogens (tertiary/aromatic N) is 2. The lowest BCUT2D eigenvalue weighted by molar-refractivity contribution is -0.139. The predicted octanol–water partition coefficient (Wildman–Crippen LogP) is 3.13. The fourth-order valence-corrected chi connectivity index (χ4v) is 7.16. The first-order valence-corrected chi connectivity index (χ1v) is 14.0. The summed E-state index contributed by atoms with van der Waals surface area (Å²) in [5.41, 5.74) is 8.01. The van der Waals surface area contributed by atoms with Gasteiger partial charge < -0.3 is 25.0 Å². The highest BCUT2D eigenvalue weighted by molar-refractivity contribution is 5.99. The van der Waals surface area contributed by atoms with Crippen molar-refractivity contribution in [3.63, 3.8) is 0 Å². The van der Waals surface area contributed by atoms with Crippen molar-refractivity contribution in [2.45, 2.75) is 76.5 Å². The Labute approximate surface area is 219 Å². The number of hydrogen-bond acceptors (Lipinski definition) is 6. The van der Waals surface area contributed by atoms with Crippen molar-refractivity contribution in [2.75, 3.05) is 38.3 Å². The van der Waals surface area contributed by atoms with Crippen LogP contribution in [0.2, 0.25) is 0 Å². The van der Waals surface area contributed by atoms with Gasteiger partial charge in [0.2, 0.25) is 11.8 Å². The van der Waals surface area contributed by atoms with Crippen LogP contribution in [0.5, 0.6) is 0 Å². The molecule has 1 aromatic carbocycles. The molecule has 2 N–H and O–H groups in total. The average molecular weight is 512 g/mol. The maximum absolute atomic E-state index is 14.4. The minimum absolute atomic E-state index is 0.00141. The highest BCUT2D eigenvalue weighted by Gasteiger charge is 2.54. The van der Waals surface area contributed by atoms with Crippen LogP contribution in [0, 0.1) is 17.8 Å². The lowest BCUT2D eigenvalue weighted by atomic mass is 9.80. The van der Waals surface area contributed by atoms with Gasteiger partial charge in [-0.05, 0) is 67.2 Å². The molecular formula is C29H41N3O5. The van der Waals surface area contributed by atoms with Gasteiger partial charge in [0.15, 0.2) is 5.78 Å². The lowest BCUT2D eigenvalue weighted by Crippen LogP contribution is -2.45. The Kier molecular flexibility index (Phi) is 7.59. The Morgan fingerprint density at radius 2 is 1.78 bits per heavy atom. The van der Waals surface area contributed by atoms with Gasteiger partial charge >= 0.3 is 0 Å². The fourth-order valence-electron chi connectivity index (χ4n) is 7.16. The van der Waals surface area contributed by atoms with Crippen molar-refractivity contribution in [1.82, 2.24) is 4.90 Å². The first-order chi connectivity index (χ1) is 17.8. The van der Waals surface area contributed by atoms with E-state index in [1.807, 2.05) is 12.1 Å². The first-order valence-electron chi connectivity index (χ1n) is 14.0. The molecule has 4 aliphatic rings. The van der Waals surface area contributed by atoms with Crippen LogP contribution in [0.25, 0.3) is 0 Å². The number of fused-ring (bicyclic) bond motifs is 1. The number of nitrogens with two attached hydrogens (primary N) is 1. The molecule has 0 spiro atoms. The van der Waals surface area contributed by atoms with E-state index in [0.29, 0.717) is 23.6 Å². The molecule has 1 aliphatic carbocycles. The number of rotatable bonds is 7. The van der Waals surface area contributed by atoms with Crippen molar-refractivity contribution < 1.29 is 23.9 Å². The molecule has 202 valence electrons. The zero-order valence-corrected chi connectivity index (χ0v) is 22.4. The Balaban J connectivity index is 1.50. The summed E-state index contributed by atoms with van der Waals surface area (Å²) in [5.74, 6) is 0.245. The fraction of sp³-hybridized carbons (Fsp3) is 0.690. The van der Waals surface area contributed by atoms with Crippen LogP contribution in [-0.4, -0.2) is 74.1 Å². The second-order valence-corrected chi connectivity index (χ2v) is 11.7. The summed E-state index contributed by atoms with van der Waals surface area (Å²) in [6.45, 7) is 6.80. The minimum Gasteiger partial charge on any atom is -0.377 e. The van der Waals surface area contributed by atoms with E-state index in [-0.39, 0.29) is 30.3 Å². The number of anilines is 1. The molecule has 8 nitrogen and oxygen atoms in total. The van der Waals surface area contributed by atoms with E-state index in [2.05, 4.69) is 18.7 Å². The molecule has 0 aromatic heterocycles. The van der Waals surface area contributed by atoms with Gasteiger partial charge in [0, 0.05) is 31.5 Å². The van der Waals surface area contributed by atoms with E-state index < -0.39 is 24.0 Å². The van der Waals surface area contributed by atoms with Gasteiger partial charge in [-0.1, -0.05) is 26.7 Å². The van der Waals surface area contributed by atoms with Gasteiger partial charge in [0.1, 0.15) is 24.9 Å². The summed E-state index contributed by atoms with van der Waals surface area (Å²) in [5, 5.41) is 0. The predicted molar refractivity (Wildman–Crippen MR) is 140 cm³/mol. The van der Waals surface area contributed by atoms with Crippen LogP contribution in [0.1, 0.15) is 74.2 Å². The molecule has 1 aromatic rings. The van der Waals surface area contributed by atoms with Crippen molar-refractivity contribution in [3.8, 4) is 0 Å². The van der Waals surface area contributed by atoms with E-state index in [1.165, 1.54) is 0 Å². The summed E-state index contributed by atoms with van der Waals surface area (Å²) in [6, 6.07) is 5.17. The molecule has 2 amide bonds. The Bertz CT molecular complexity index is 1030. The summed E-state index contributed by atoms with van der Waals surface area (Å²) < 4.78 is 11.3. The molecule has 3 aliphatic heterocycles. The molecule has 3 saturated heterocycles. The quantitative estimate of drug-likeness (QED) is 0.604. The Morgan fingerprint density at radius 3 is 2.41 bits per heavy atom. The summed E-state index contributed by atoms with van der Waals surface area (Å²) in [7, 11) is 1.59. The van der Waals surface area contributed by atoms with E-state index in [1.54, 1.807) is 18.1 Å². The van der Waals surface area contributed by atoms with Crippen LogP contribution in [0.4, 0.5) is 5.69 Å². The molecule has 1 saturated carbocycles. The highest BCUT2D eigenvalue weighted by Crippen LogP contribution is 2.43. The van der Waals surface area contributed by atoms with Crippen LogP contribution in [0.3, 0.4) is 0 Å². The lowest BCUT2D eigenvalue weighted by Gasteiger charge is -2.36. The van der Waals surface area contributed by atoms with Gasteiger partial charge in [-0.15, -0.1) is 0 Å². The largest absolute Gasteiger partial charge is 0.377 e. The number of carbonyl (C=O) groups excluding carboxylic acids is 3. The minimum atomic E-state index is -0.628. The smallest absolute Gasteiger partial charge is 0.249 e.